The van der Waals surface area contributed by atoms with E-state index in [-0.39, 0.29) is 5.41 Å². The summed E-state index contributed by atoms with van der Waals surface area (Å²) in [6, 6.07) is 0.812. The molecule has 0 aromatic heterocycles. The van der Waals surface area contributed by atoms with Crippen LogP contribution in [-0.2, 0) is 4.74 Å². The van der Waals surface area contributed by atoms with E-state index in [2.05, 4.69) is 19.2 Å². The largest absolute Gasteiger partial charge is 0.378 e. The van der Waals surface area contributed by atoms with Gasteiger partial charge in [-0.25, -0.2) is 0 Å². The third-order valence-corrected chi connectivity index (χ3v) is 3.96. The minimum absolute atomic E-state index is 0.287. The summed E-state index contributed by atoms with van der Waals surface area (Å²) < 4.78 is 6.14. The topological polar surface area (TPSA) is 21.3 Å². The summed E-state index contributed by atoms with van der Waals surface area (Å²) in [7, 11) is 0. The Balaban J connectivity index is 1.63. The summed E-state index contributed by atoms with van der Waals surface area (Å²) in [6.07, 6.45) is 11.4. The van der Waals surface area contributed by atoms with Crippen LogP contribution in [-0.4, -0.2) is 25.3 Å². The van der Waals surface area contributed by atoms with Gasteiger partial charge in [-0.15, -0.1) is 0 Å². The third-order valence-electron chi connectivity index (χ3n) is 3.96. The number of rotatable bonds is 6. The summed E-state index contributed by atoms with van der Waals surface area (Å²) in [5.41, 5.74) is 0.287. The number of ether oxygens (including phenoxy) is 1. The van der Waals surface area contributed by atoms with E-state index in [1.54, 1.807) is 0 Å². The molecule has 0 aliphatic heterocycles. The van der Waals surface area contributed by atoms with Gasteiger partial charge in [0.25, 0.3) is 0 Å². The fourth-order valence-corrected chi connectivity index (χ4v) is 2.51. The molecule has 1 N–H and O–H groups in total. The van der Waals surface area contributed by atoms with Crippen molar-refractivity contribution in [2.75, 3.05) is 13.2 Å². The van der Waals surface area contributed by atoms with Crippen molar-refractivity contribution in [1.29, 1.82) is 0 Å². The molecule has 0 amide bonds. The molecule has 0 aromatic carbocycles. The van der Waals surface area contributed by atoms with Crippen LogP contribution in [0.25, 0.3) is 0 Å². The molecule has 2 rings (SSSR count). The molecule has 2 fully saturated rings. The molecule has 0 unspecified atom stereocenters. The van der Waals surface area contributed by atoms with Gasteiger partial charge in [-0.1, -0.05) is 39.5 Å². The predicted molar refractivity (Wildman–Crippen MR) is 72.2 cm³/mol. The van der Waals surface area contributed by atoms with Crippen LogP contribution >= 0.6 is 0 Å². The van der Waals surface area contributed by atoms with Crippen LogP contribution in [0.4, 0.5) is 0 Å². The van der Waals surface area contributed by atoms with Crippen molar-refractivity contribution in [3.05, 3.63) is 0 Å². The van der Waals surface area contributed by atoms with Gasteiger partial charge >= 0.3 is 0 Å². The highest BCUT2D eigenvalue weighted by atomic mass is 16.5. The first kappa shape index (κ1) is 13.4. The second kappa shape index (κ2) is 6.19. The smallest absolute Gasteiger partial charge is 0.0575 e. The zero-order valence-corrected chi connectivity index (χ0v) is 11.6. The molecule has 0 spiro atoms. The standard InChI is InChI=1S/C15H29NO/c1-15(2,11-16-13-9-10-13)12-17-14-7-5-3-4-6-8-14/h13-14,16H,3-12H2,1-2H3. The van der Waals surface area contributed by atoms with E-state index < -0.39 is 0 Å². The lowest BCUT2D eigenvalue weighted by Gasteiger charge is -2.27. The Labute approximate surface area is 107 Å². The van der Waals surface area contributed by atoms with Crippen LogP contribution in [0.2, 0.25) is 0 Å². The van der Waals surface area contributed by atoms with Gasteiger partial charge in [0.15, 0.2) is 0 Å². The Hall–Kier alpha value is -0.0800. The molecule has 2 aliphatic rings. The van der Waals surface area contributed by atoms with Crippen molar-refractivity contribution in [2.45, 2.75) is 77.4 Å². The van der Waals surface area contributed by atoms with Crippen LogP contribution < -0.4 is 5.32 Å². The van der Waals surface area contributed by atoms with Crippen molar-refractivity contribution >= 4 is 0 Å². The quantitative estimate of drug-likeness (QED) is 0.716. The summed E-state index contributed by atoms with van der Waals surface area (Å²) in [5, 5.41) is 3.62. The van der Waals surface area contributed by atoms with E-state index in [1.807, 2.05) is 0 Å². The number of hydrogen-bond donors (Lipinski definition) is 1. The second-order valence-corrected chi connectivity index (χ2v) is 6.74. The van der Waals surface area contributed by atoms with Crippen molar-refractivity contribution in [2.24, 2.45) is 5.41 Å². The lowest BCUT2D eigenvalue weighted by molar-refractivity contribution is -0.00410. The van der Waals surface area contributed by atoms with E-state index in [0.29, 0.717) is 6.10 Å². The molecule has 2 heteroatoms. The Morgan fingerprint density at radius 3 is 2.24 bits per heavy atom. The Kier molecular flexibility index (Phi) is 4.87. The monoisotopic (exact) mass is 239 g/mol. The number of hydrogen-bond acceptors (Lipinski definition) is 2. The van der Waals surface area contributed by atoms with Gasteiger partial charge < -0.3 is 10.1 Å². The lowest BCUT2D eigenvalue weighted by atomic mass is 9.94. The van der Waals surface area contributed by atoms with E-state index in [1.165, 1.54) is 51.4 Å². The van der Waals surface area contributed by atoms with Gasteiger partial charge in [-0.3, -0.25) is 0 Å². The average molecular weight is 239 g/mol. The molecule has 0 radical (unpaired) electrons. The minimum Gasteiger partial charge on any atom is -0.378 e. The van der Waals surface area contributed by atoms with Crippen molar-refractivity contribution in [3.8, 4) is 0 Å². The Morgan fingerprint density at radius 2 is 1.65 bits per heavy atom. The molecule has 100 valence electrons. The normalized spacial score (nSPS) is 23.6. The first-order chi connectivity index (χ1) is 8.16. The SMILES string of the molecule is CC(C)(CNC1CC1)COC1CCCCCC1. The van der Waals surface area contributed by atoms with E-state index >= 15 is 0 Å². The molecule has 2 aliphatic carbocycles. The van der Waals surface area contributed by atoms with Gasteiger partial charge in [0, 0.05) is 18.0 Å². The van der Waals surface area contributed by atoms with Crippen molar-refractivity contribution in [3.63, 3.8) is 0 Å². The van der Waals surface area contributed by atoms with Crippen LogP contribution in [0, 0.1) is 5.41 Å². The van der Waals surface area contributed by atoms with Crippen molar-refractivity contribution in [1.82, 2.24) is 5.32 Å². The second-order valence-electron chi connectivity index (χ2n) is 6.74. The molecule has 17 heavy (non-hydrogen) atoms. The fourth-order valence-electron chi connectivity index (χ4n) is 2.51. The first-order valence-corrected chi connectivity index (χ1v) is 7.51. The van der Waals surface area contributed by atoms with E-state index in [9.17, 15) is 0 Å². The summed E-state index contributed by atoms with van der Waals surface area (Å²) in [4.78, 5) is 0. The molecule has 0 aromatic rings. The van der Waals surface area contributed by atoms with Gasteiger partial charge in [0.05, 0.1) is 12.7 Å². The zero-order chi connectivity index (χ0) is 12.1. The highest BCUT2D eigenvalue weighted by Crippen LogP contribution is 2.24. The van der Waals surface area contributed by atoms with Crippen LogP contribution in [0.5, 0.6) is 0 Å². The summed E-state index contributed by atoms with van der Waals surface area (Å²) in [6.45, 7) is 6.65. The lowest BCUT2D eigenvalue weighted by Crippen LogP contribution is -2.35. The molecule has 0 heterocycles. The zero-order valence-electron chi connectivity index (χ0n) is 11.6. The molecule has 2 saturated carbocycles. The maximum atomic E-state index is 6.14. The van der Waals surface area contributed by atoms with Crippen LogP contribution in [0.3, 0.4) is 0 Å². The van der Waals surface area contributed by atoms with Crippen LogP contribution in [0.1, 0.15) is 65.2 Å². The van der Waals surface area contributed by atoms with Gasteiger partial charge in [-0.2, -0.15) is 0 Å². The van der Waals surface area contributed by atoms with Crippen molar-refractivity contribution < 1.29 is 4.74 Å². The highest BCUT2D eigenvalue weighted by Gasteiger charge is 2.26. The molecule has 2 nitrogen and oxygen atoms in total. The van der Waals surface area contributed by atoms with Gasteiger partial charge in [-0.05, 0) is 25.7 Å². The van der Waals surface area contributed by atoms with E-state index in [0.717, 1.165) is 19.2 Å². The molecular formula is C15H29NO. The Morgan fingerprint density at radius 1 is 1.00 bits per heavy atom. The number of nitrogens with one attached hydrogen (secondary N) is 1. The third kappa shape index (κ3) is 5.39. The van der Waals surface area contributed by atoms with Gasteiger partial charge in [0.2, 0.25) is 0 Å². The maximum absolute atomic E-state index is 6.14. The van der Waals surface area contributed by atoms with Gasteiger partial charge in [0.1, 0.15) is 0 Å². The summed E-state index contributed by atoms with van der Waals surface area (Å²) in [5.74, 6) is 0. The van der Waals surface area contributed by atoms with E-state index in [4.69, 9.17) is 4.74 Å². The average Bonchev–Trinajstić information content (AvgIpc) is 3.12. The predicted octanol–water partition coefficient (Wildman–Crippen LogP) is 3.50. The van der Waals surface area contributed by atoms with Crippen LogP contribution in [0.15, 0.2) is 0 Å². The minimum atomic E-state index is 0.287. The Bertz CT molecular complexity index is 215. The maximum Gasteiger partial charge on any atom is 0.0575 e. The first-order valence-electron chi connectivity index (χ1n) is 7.51. The highest BCUT2D eigenvalue weighted by molar-refractivity contribution is 4.84. The molecule has 0 atom stereocenters. The summed E-state index contributed by atoms with van der Waals surface area (Å²) >= 11 is 0. The fraction of sp³-hybridized carbons (Fsp3) is 1.00. The molecular weight excluding hydrogens is 210 g/mol. The molecule has 0 saturated heterocycles. The molecule has 0 bridgehead atoms.